The first-order chi connectivity index (χ1) is 10.0. The van der Waals surface area contributed by atoms with Gasteiger partial charge < -0.3 is 21.5 Å². The molecule has 0 saturated carbocycles. The van der Waals surface area contributed by atoms with Crippen molar-refractivity contribution in [1.29, 1.82) is 0 Å². The van der Waals surface area contributed by atoms with Gasteiger partial charge in [-0.3, -0.25) is 4.68 Å². The molecule has 1 aromatic heterocycles. The number of methoxy groups -OCH3 is 1. The number of aryl methyl sites for hydroxylation is 1. The minimum atomic E-state index is -0.721. The number of benzene rings is 1. The van der Waals surface area contributed by atoms with Gasteiger partial charge in [-0.25, -0.2) is 0 Å². The van der Waals surface area contributed by atoms with Gasteiger partial charge in [0.1, 0.15) is 11.4 Å². The van der Waals surface area contributed by atoms with Gasteiger partial charge in [-0.05, 0) is 17.7 Å². The molecule has 0 saturated heterocycles. The zero-order valence-corrected chi connectivity index (χ0v) is 12.1. The molecule has 1 aromatic carbocycles. The smallest absolute Gasteiger partial charge is 0.119 e. The van der Waals surface area contributed by atoms with Crippen LogP contribution in [0.1, 0.15) is 16.8 Å². The molecule has 5 N–H and O–H groups in total. The summed E-state index contributed by atoms with van der Waals surface area (Å²) < 4.78 is 6.92. The Morgan fingerprint density at radius 2 is 2.05 bits per heavy atom. The van der Waals surface area contributed by atoms with E-state index in [2.05, 4.69) is 10.4 Å². The fourth-order valence-electron chi connectivity index (χ4n) is 2.67. The molecule has 1 aliphatic heterocycles. The summed E-state index contributed by atoms with van der Waals surface area (Å²) in [5, 5.41) is 7.47. The molecule has 6 nitrogen and oxygen atoms in total. The summed E-state index contributed by atoms with van der Waals surface area (Å²) in [6.07, 6.45) is 4.14. The van der Waals surface area contributed by atoms with Crippen molar-refractivity contribution in [2.24, 2.45) is 18.5 Å². The van der Waals surface area contributed by atoms with Crippen LogP contribution in [0.4, 0.5) is 0 Å². The molecule has 0 bridgehead atoms. The zero-order valence-electron chi connectivity index (χ0n) is 12.1. The van der Waals surface area contributed by atoms with Gasteiger partial charge >= 0.3 is 0 Å². The van der Waals surface area contributed by atoms with Crippen molar-refractivity contribution < 1.29 is 4.74 Å². The van der Waals surface area contributed by atoms with E-state index < -0.39 is 5.66 Å². The lowest BCUT2D eigenvalue weighted by molar-refractivity contribution is 0.382. The van der Waals surface area contributed by atoms with Gasteiger partial charge in [0.15, 0.2) is 0 Å². The molecule has 6 heteroatoms. The molecule has 0 amide bonds. The molecule has 110 valence electrons. The second-order valence-electron chi connectivity index (χ2n) is 5.27. The molecule has 1 atom stereocenters. The maximum atomic E-state index is 6.55. The van der Waals surface area contributed by atoms with E-state index in [9.17, 15) is 0 Å². The summed E-state index contributed by atoms with van der Waals surface area (Å²) in [5.41, 5.74) is 15.4. The van der Waals surface area contributed by atoms with E-state index in [1.54, 1.807) is 24.2 Å². The minimum Gasteiger partial charge on any atom is -0.497 e. The van der Waals surface area contributed by atoms with E-state index in [-0.39, 0.29) is 0 Å². The highest BCUT2D eigenvalue weighted by Crippen LogP contribution is 2.30. The number of fused-ring (bicyclic) bond motifs is 1. The van der Waals surface area contributed by atoms with E-state index in [0.29, 0.717) is 12.1 Å². The summed E-state index contributed by atoms with van der Waals surface area (Å²) in [6.45, 7) is 0. The number of rotatable bonds is 3. The Hall–Kier alpha value is -2.47. The standard InChI is InChI=1S/C15H19N5O/c1-20-14-12(8-19-20)15(17,18-9-13(14)16)7-10-3-5-11(21-2)6-4-10/h3-6,8-9,18H,7,16-17H2,1-2H3. The fourth-order valence-corrected chi connectivity index (χ4v) is 2.67. The van der Waals surface area contributed by atoms with Crippen molar-refractivity contribution in [2.45, 2.75) is 12.1 Å². The Labute approximate surface area is 123 Å². The van der Waals surface area contributed by atoms with Crippen molar-refractivity contribution in [2.75, 3.05) is 7.11 Å². The topological polar surface area (TPSA) is 91.1 Å². The van der Waals surface area contributed by atoms with Gasteiger partial charge in [0.25, 0.3) is 0 Å². The number of nitrogens with two attached hydrogens (primary N) is 2. The molecular formula is C15H19N5O. The van der Waals surface area contributed by atoms with Crippen LogP contribution >= 0.6 is 0 Å². The van der Waals surface area contributed by atoms with Gasteiger partial charge in [0, 0.05) is 25.2 Å². The van der Waals surface area contributed by atoms with Crippen LogP contribution in [0.3, 0.4) is 0 Å². The quantitative estimate of drug-likeness (QED) is 0.770. The average molecular weight is 285 g/mol. The van der Waals surface area contributed by atoms with Crippen molar-refractivity contribution >= 4 is 5.70 Å². The molecule has 1 unspecified atom stereocenters. The van der Waals surface area contributed by atoms with Gasteiger partial charge in [0.2, 0.25) is 0 Å². The monoisotopic (exact) mass is 285 g/mol. The Balaban J connectivity index is 1.94. The van der Waals surface area contributed by atoms with Crippen LogP contribution in [0, 0.1) is 0 Å². The van der Waals surface area contributed by atoms with Crippen LogP contribution in [-0.4, -0.2) is 16.9 Å². The molecule has 0 radical (unpaired) electrons. The molecule has 0 fully saturated rings. The third kappa shape index (κ3) is 2.23. The van der Waals surface area contributed by atoms with Crippen LogP contribution in [0.2, 0.25) is 0 Å². The lowest BCUT2D eigenvalue weighted by Gasteiger charge is -2.34. The zero-order chi connectivity index (χ0) is 15.0. The van der Waals surface area contributed by atoms with Crippen LogP contribution in [0.15, 0.2) is 36.7 Å². The normalized spacial score (nSPS) is 20.4. The third-order valence-corrected chi connectivity index (χ3v) is 3.82. The Morgan fingerprint density at radius 1 is 1.33 bits per heavy atom. The van der Waals surface area contributed by atoms with E-state index in [0.717, 1.165) is 22.6 Å². The SMILES string of the molecule is COc1ccc(CC2(N)NC=C(N)c3c2cnn3C)cc1. The van der Waals surface area contributed by atoms with Gasteiger partial charge in [0.05, 0.1) is 24.7 Å². The summed E-state index contributed by atoms with van der Waals surface area (Å²) >= 11 is 0. The predicted octanol–water partition coefficient (Wildman–Crippen LogP) is 0.643. The number of hydrogen-bond donors (Lipinski definition) is 3. The predicted molar refractivity (Wildman–Crippen MR) is 81.1 cm³/mol. The molecule has 2 heterocycles. The maximum Gasteiger partial charge on any atom is 0.119 e. The molecular weight excluding hydrogens is 266 g/mol. The van der Waals surface area contributed by atoms with Crippen LogP contribution in [0.25, 0.3) is 5.70 Å². The van der Waals surface area contributed by atoms with E-state index in [4.69, 9.17) is 16.2 Å². The van der Waals surface area contributed by atoms with Crippen molar-refractivity contribution in [1.82, 2.24) is 15.1 Å². The molecule has 0 aliphatic carbocycles. The van der Waals surface area contributed by atoms with Crippen molar-refractivity contribution in [3.63, 3.8) is 0 Å². The second-order valence-corrected chi connectivity index (χ2v) is 5.27. The largest absolute Gasteiger partial charge is 0.497 e. The van der Waals surface area contributed by atoms with E-state index in [1.807, 2.05) is 31.3 Å². The summed E-state index contributed by atoms with van der Waals surface area (Å²) in [6, 6.07) is 7.87. The molecule has 2 aromatic rings. The van der Waals surface area contributed by atoms with Crippen LogP contribution in [-0.2, 0) is 19.1 Å². The van der Waals surface area contributed by atoms with Gasteiger partial charge in [-0.1, -0.05) is 12.1 Å². The Bertz CT molecular complexity index is 689. The highest BCUT2D eigenvalue weighted by molar-refractivity contribution is 5.66. The number of ether oxygens (including phenoxy) is 1. The summed E-state index contributed by atoms with van der Waals surface area (Å²) in [4.78, 5) is 0. The Morgan fingerprint density at radius 3 is 2.71 bits per heavy atom. The maximum absolute atomic E-state index is 6.55. The molecule has 1 aliphatic rings. The molecule has 0 spiro atoms. The highest BCUT2D eigenvalue weighted by atomic mass is 16.5. The molecule has 3 rings (SSSR count). The number of aromatic nitrogens is 2. The molecule has 21 heavy (non-hydrogen) atoms. The summed E-state index contributed by atoms with van der Waals surface area (Å²) in [5.74, 6) is 0.827. The van der Waals surface area contributed by atoms with Crippen molar-refractivity contribution in [3.05, 3.63) is 53.5 Å². The lowest BCUT2D eigenvalue weighted by atomic mass is 9.90. The first-order valence-electron chi connectivity index (χ1n) is 6.71. The van der Waals surface area contributed by atoms with Crippen LogP contribution < -0.4 is 21.5 Å². The van der Waals surface area contributed by atoms with Crippen molar-refractivity contribution in [3.8, 4) is 5.75 Å². The number of nitrogens with zero attached hydrogens (tertiary/aromatic N) is 2. The van der Waals surface area contributed by atoms with E-state index in [1.165, 1.54) is 0 Å². The Kier molecular flexibility index (Phi) is 3.10. The van der Waals surface area contributed by atoms with Gasteiger partial charge in [-0.2, -0.15) is 5.10 Å². The minimum absolute atomic E-state index is 0.624. The lowest BCUT2D eigenvalue weighted by Crippen LogP contribution is -2.52. The number of hydrogen-bond acceptors (Lipinski definition) is 5. The summed E-state index contributed by atoms with van der Waals surface area (Å²) in [7, 11) is 3.51. The third-order valence-electron chi connectivity index (χ3n) is 3.82. The average Bonchev–Trinajstić information content (AvgIpc) is 2.88. The number of nitrogens with one attached hydrogen (secondary N) is 1. The fraction of sp³-hybridized carbons (Fsp3) is 0.267. The second kappa shape index (κ2) is 4.82. The van der Waals surface area contributed by atoms with Gasteiger partial charge in [-0.15, -0.1) is 0 Å². The van der Waals surface area contributed by atoms with E-state index >= 15 is 0 Å². The van der Waals surface area contributed by atoms with Crippen LogP contribution in [0.5, 0.6) is 5.75 Å². The first-order valence-corrected chi connectivity index (χ1v) is 6.71. The first kappa shape index (κ1) is 13.5. The highest BCUT2D eigenvalue weighted by Gasteiger charge is 2.35.